The van der Waals surface area contributed by atoms with Crippen molar-refractivity contribution in [3.05, 3.63) is 11.8 Å². The summed E-state index contributed by atoms with van der Waals surface area (Å²) >= 11 is 0. The van der Waals surface area contributed by atoms with Gasteiger partial charge in [-0.15, -0.1) is 0 Å². The van der Waals surface area contributed by atoms with Crippen LogP contribution in [-0.2, 0) is 0 Å². The van der Waals surface area contributed by atoms with Crippen molar-refractivity contribution in [3.63, 3.8) is 0 Å². The molecule has 2 N–H and O–H groups in total. The van der Waals surface area contributed by atoms with Crippen molar-refractivity contribution < 1.29 is 0 Å². The van der Waals surface area contributed by atoms with Gasteiger partial charge in [0.1, 0.15) is 6.17 Å². The van der Waals surface area contributed by atoms with Crippen molar-refractivity contribution in [2.24, 2.45) is 21.9 Å². The summed E-state index contributed by atoms with van der Waals surface area (Å²) in [7, 11) is 0. The zero-order chi connectivity index (χ0) is 7.68. The Bertz CT molecular complexity index is 201. The first-order valence-corrected chi connectivity index (χ1v) is 4.24. The van der Waals surface area contributed by atoms with E-state index in [1.54, 1.807) is 0 Å². The van der Waals surface area contributed by atoms with Crippen LogP contribution in [-0.4, -0.2) is 6.17 Å². The van der Waals surface area contributed by atoms with E-state index in [1.165, 1.54) is 25.7 Å². The molecule has 1 atom stereocenters. The van der Waals surface area contributed by atoms with Crippen molar-refractivity contribution >= 4 is 0 Å². The van der Waals surface area contributed by atoms with Crippen LogP contribution < -0.4 is 5.73 Å². The van der Waals surface area contributed by atoms with E-state index >= 15 is 0 Å². The number of nitrogens with two attached hydrogens (primary N) is 1. The summed E-state index contributed by atoms with van der Waals surface area (Å²) < 4.78 is 0. The average molecular weight is 151 g/mol. The summed E-state index contributed by atoms with van der Waals surface area (Å²) in [5, 5.41) is 7.93. The molecule has 0 aromatic heterocycles. The normalized spacial score (nSPS) is 31.4. The first-order chi connectivity index (χ1) is 5.36. The lowest BCUT2D eigenvalue weighted by atomic mass is 10.0. The minimum Gasteiger partial charge on any atom is -0.305 e. The van der Waals surface area contributed by atoms with E-state index in [1.807, 2.05) is 6.08 Å². The molecule has 0 unspecified atom stereocenters. The second-order valence-corrected chi connectivity index (χ2v) is 3.28. The molecule has 0 amide bonds. The smallest absolute Gasteiger partial charge is 0.139 e. The van der Waals surface area contributed by atoms with Gasteiger partial charge in [-0.2, -0.15) is 10.2 Å². The predicted octanol–water partition coefficient (Wildman–Crippen LogP) is 1.81. The number of hydrogen-bond donors (Lipinski definition) is 1. The Morgan fingerprint density at radius 3 is 2.64 bits per heavy atom. The average Bonchev–Trinajstić information content (AvgIpc) is 2.55. The second kappa shape index (κ2) is 2.74. The van der Waals surface area contributed by atoms with E-state index in [2.05, 4.69) is 10.2 Å². The lowest BCUT2D eigenvalue weighted by Crippen LogP contribution is -2.10. The Hall–Kier alpha value is -0.700. The van der Waals surface area contributed by atoms with E-state index < -0.39 is 0 Å². The van der Waals surface area contributed by atoms with Crippen LogP contribution in [0, 0.1) is 5.92 Å². The van der Waals surface area contributed by atoms with Crippen molar-refractivity contribution in [2.75, 3.05) is 0 Å². The number of rotatable bonds is 1. The van der Waals surface area contributed by atoms with E-state index in [9.17, 15) is 0 Å². The third-order valence-corrected chi connectivity index (χ3v) is 2.42. The highest BCUT2D eigenvalue weighted by Gasteiger charge is 2.22. The molecule has 3 heteroatoms. The second-order valence-electron chi connectivity index (χ2n) is 3.28. The van der Waals surface area contributed by atoms with Crippen LogP contribution in [0.4, 0.5) is 0 Å². The van der Waals surface area contributed by atoms with Gasteiger partial charge in [0, 0.05) is 5.92 Å². The minimum absolute atomic E-state index is 0.161. The lowest BCUT2D eigenvalue weighted by Gasteiger charge is -2.03. The molecule has 1 fully saturated rings. The third kappa shape index (κ3) is 1.33. The van der Waals surface area contributed by atoms with Gasteiger partial charge in [-0.3, -0.25) is 0 Å². The topological polar surface area (TPSA) is 50.7 Å². The Kier molecular flexibility index (Phi) is 1.74. The standard InChI is InChI=1S/C8H13N3/c9-8-5-7(10-11-8)6-3-1-2-4-6/h5-6,8H,1-4,9H2/t8-/m0/s1. The SMILES string of the molecule is N[C@@H]1C=C(C2CCCC2)N=N1. The molecule has 0 saturated heterocycles. The minimum atomic E-state index is -0.161. The summed E-state index contributed by atoms with van der Waals surface area (Å²) in [6, 6.07) is 0. The quantitative estimate of drug-likeness (QED) is 0.610. The summed E-state index contributed by atoms with van der Waals surface area (Å²) in [5.74, 6) is 0.660. The molecule has 2 aliphatic rings. The molecule has 0 aromatic carbocycles. The van der Waals surface area contributed by atoms with Crippen molar-refractivity contribution in [2.45, 2.75) is 31.8 Å². The van der Waals surface area contributed by atoms with Gasteiger partial charge >= 0.3 is 0 Å². The highest BCUT2D eigenvalue weighted by Crippen LogP contribution is 2.33. The number of nitrogens with zero attached hydrogens (tertiary/aromatic N) is 2. The third-order valence-electron chi connectivity index (χ3n) is 2.42. The number of hydrogen-bond acceptors (Lipinski definition) is 3. The van der Waals surface area contributed by atoms with Crippen LogP contribution in [0.25, 0.3) is 0 Å². The highest BCUT2D eigenvalue weighted by molar-refractivity contribution is 5.12. The van der Waals surface area contributed by atoms with Gasteiger partial charge < -0.3 is 5.73 Å². The maximum Gasteiger partial charge on any atom is 0.139 e. The molecule has 3 nitrogen and oxygen atoms in total. The molecule has 1 aliphatic carbocycles. The van der Waals surface area contributed by atoms with Gasteiger partial charge in [-0.25, -0.2) is 0 Å². The summed E-state index contributed by atoms with van der Waals surface area (Å²) in [4.78, 5) is 0. The first kappa shape index (κ1) is 6.98. The Morgan fingerprint density at radius 2 is 2.09 bits per heavy atom. The van der Waals surface area contributed by atoms with Gasteiger partial charge in [0.15, 0.2) is 0 Å². The molecule has 0 radical (unpaired) electrons. The molecule has 11 heavy (non-hydrogen) atoms. The number of azo groups is 1. The fourth-order valence-electron chi connectivity index (χ4n) is 1.81. The first-order valence-electron chi connectivity index (χ1n) is 4.24. The molecule has 0 spiro atoms. The largest absolute Gasteiger partial charge is 0.305 e. The van der Waals surface area contributed by atoms with Crippen molar-refractivity contribution in [1.29, 1.82) is 0 Å². The van der Waals surface area contributed by atoms with Crippen molar-refractivity contribution in [1.82, 2.24) is 0 Å². The zero-order valence-corrected chi connectivity index (χ0v) is 6.53. The zero-order valence-electron chi connectivity index (χ0n) is 6.53. The molecule has 1 saturated carbocycles. The van der Waals surface area contributed by atoms with Crippen LogP contribution in [0.5, 0.6) is 0 Å². The Balaban J connectivity index is 2.05. The van der Waals surface area contributed by atoms with Gasteiger partial charge in [0.05, 0.1) is 5.70 Å². The van der Waals surface area contributed by atoms with Crippen LogP contribution in [0.15, 0.2) is 22.0 Å². The molecule has 2 rings (SSSR count). The predicted molar refractivity (Wildman–Crippen MR) is 42.9 cm³/mol. The van der Waals surface area contributed by atoms with E-state index in [0.29, 0.717) is 5.92 Å². The maximum absolute atomic E-state index is 5.56. The Labute approximate surface area is 66.4 Å². The van der Waals surface area contributed by atoms with E-state index in [0.717, 1.165) is 5.70 Å². The molecule has 60 valence electrons. The van der Waals surface area contributed by atoms with E-state index in [4.69, 9.17) is 5.73 Å². The molecule has 0 aromatic rings. The molecular weight excluding hydrogens is 138 g/mol. The van der Waals surface area contributed by atoms with Gasteiger partial charge in [-0.05, 0) is 18.9 Å². The lowest BCUT2D eigenvalue weighted by molar-refractivity contribution is 0.633. The fourth-order valence-corrected chi connectivity index (χ4v) is 1.81. The summed E-state index contributed by atoms with van der Waals surface area (Å²) in [6.07, 6.45) is 7.05. The number of allylic oxidation sites excluding steroid dienone is 1. The van der Waals surface area contributed by atoms with Crippen molar-refractivity contribution in [3.8, 4) is 0 Å². The van der Waals surface area contributed by atoms with Crippen LogP contribution >= 0.6 is 0 Å². The van der Waals surface area contributed by atoms with Gasteiger partial charge in [0.25, 0.3) is 0 Å². The fraction of sp³-hybridized carbons (Fsp3) is 0.750. The molecular formula is C8H13N3. The monoisotopic (exact) mass is 151 g/mol. The molecule has 1 aliphatic heterocycles. The van der Waals surface area contributed by atoms with Crippen LogP contribution in [0.3, 0.4) is 0 Å². The Morgan fingerprint density at radius 1 is 1.36 bits per heavy atom. The molecule has 0 bridgehead atoms. The molecule has 1 heterocycles. The van der Waals surface area contributed by atoms with Gasteiger partial charge in [0.2, 0.25) is 0 Å². The van der Waals surface area contributed by atoms with Crippen LogP contribution in [0.1, 0.15) is 25.7 Å². The van der Waals surface area contributed by atoms with Crippen LogP contribution in [0.2, 0.25) is 0 Å². The van der Waals surface area contributed by atoms with Gasteiger partial charge in [-0.1, -0.05) is 12.8 Å². The summed E-state index contributed by atoms with van der Waals surface area (Å²) in [5.41, 5.74) is 6.69. The summed E-state index contributed by atoms with van der Waals surface area (Å²) in [6.45, 7) is 0. The maximum atomic E-state index is 5.56. The van der Waals surface area contributed by atoms with E-state index in [-0.39, 0.29) is 6.17 Å². The highest BCUT2D eigenvalue weighted by atomic mass is 15.2.